The zero-order valence-corrected chi connectivity index (χ0v) is 7.70. The van der Waals surface area contributed by atoms with Crippen LogP contribution in [0.2, 0.25) is 0 Å². The van der Waals surface area contributed by atoms with E-state index in [2.05, 4.69) is 14.9 Å². The third kappa shape index (κ3) is 7.46. The topological polar surface area (TPSA) is 49.3 Å². The summed E-state index contributed by atoms with van der Waals surface area (Å²) >= 11 is 0. The van der Waals surface area contributed by atoms with Crippen molar-refractivity contribution in [1.82, 2.24) is 0 Å². The number of hydrogen-bond donors (Lipinski definition) is 0. The van der Waals surface area contributed by atoms with Crippen molar-refractivity contribution in [3.8, 4) is 0 Å². The summed E-state index contributed by atoms with van der Waals surface area (Å²) in [6.45, 7) is 4.73. The molecule has 0 saturated carbocycles. The first kappa shape index (κ1) is 11.4. The largest absolute Gasteiger partial charge is 0.367 e. The lowest BCUT2D eigenvalue weighted by molar-refractivity contribution is -0.259. The molecular formula is C7H15NO4. The Balaban J connectivity index is 3.28. The molecule has 5 nitrogen and oxygen atoms in total. The van der Waals surface area contributed by atoms with E-state index in [1.807, 2.05) is 6.92 Å². The number of hydrogen-bond acceptors (Lipinski definition) is 5. The number of oxime groups is 1. The maximum absolute atomic E-state index is 4.89. The number of nitrogens with zero attached hydrogens (tertiary/aromatic N) is 1. The Morgan fingerprint density at radius 1 is 1.42 bits per heavy atom. The SMILES string of the molecule is CCOCON=C(C)COOC. The van der Waals surface area contributed by atoms with Gasteiger partial charge in [-0.2, -0.15) is 0 Å². The Labute approximate surface area is 72.2 Å². The Morgan fingerprint density at radius 2 is 2.17 bits per heavy atom. The van der Waals surface area contributed by atoms with Crippen molar-refractivity contribution >= 4 is 5.71 Å². The van der Waals surface area contributed by atoms with E-state index in [9.17, 15) is 0 Å². The van der Waals surface area contributed by atoms with Crippen LogP contribution >= 0.6 is 0 Å². The van der Waals surface area contributed by atoms with E-state index in [0.29, 0.717) is 18.9 Å². The Bertz CT molecular complexity index is 127. The quantitative estimate of drug-likeness (QED) is 0.191. The van der Waals surface area contributed by atoms with Crippen LogP contribution in [0.1, 0.15) is 13.8 Å². The summed E-state index contributed by atoms with van der Waals surface area (Å²) in [5, 5.41) is 3.69. The summed E-state index contributed by atoms with van der Waals surface area (Å²) < 4.78 is 4.89. The lowest BCUT2D eigenvalue weighted by Gasteiger charge is -2.01. The van der Waals surface area contributed by atoms with Gasteiger partial charge in [0.05, 0.1) is 12.8 Å². The fourth-order valence-corrected chi connectivity index (χ4v) is 0.428. The van der Waals surface area contributed by atoms with Crippen LogP contribution in [-0.2, 0) is 19.3 Å². The van der Waals surface area contributed by atoms with Crippen LogP contribution in [0.5, 0.6) is 0 Å². The molecule has 0 atom stereocenters. The van der Waals surface area contributed by atoms with Crippen molar-refractivity contribution < 1.29 is 19.3 Å². The van der Waals surface area contributed by atoms with Gasteiger partial charge in [0.1, 0.15) is 6.61 Å². The Hall–Kier alpha value is -0.650. The normalized spacial score (nSPS) is 11.8. The molecule has 0 aliphatic rings. The molecule has 0 aromatic heterocycles. The van der Waals surface area contributed by atoms with E-state index in [1.54, 1.807) is 6.92 Å². The molecule has 72 valence electrons. The van der Waals surface area contributed by atoms with Gasteiger partial charge in [0.15, 0.2) is 0 Å². The molecule has 0 spiro atoms. The zero-order chi connectivity index (χ0) is 9.23. The second-order valence-electron chi connectivity index (χ2n) is 2.00. The van der Waals surface area contributed by atoms with Crippen molar-refractivity contribution in [2.75, 3.05) is 27.1 Å². The highest BCUT2D eigenvalue weighted by Gasteiger charge is 1.91. The van der Waals surface area contributed by atoms with E-state index >= 15 is 0 Å². The van der Waals surface area contributed by atoms with Crippen LogP contribution < -0.4 is 0 Å². The van der Waals surface area contributed by atoms with Gasteiger partial charge in [-0.15, -0.1) is 0 Å². The van der Waals surface area contributed by atoms with E-state index in [-0.39, 0.29) is 6.79 Å². The van der Waals surface area contributed by atoms with Crippen molar-refractivity contribution in [1.29, 1.82) is 0 Å². The molecule has 0 saturated heterocycles. The molecule has 0 heterocycles. The first-order chi connectivity index (χ1) is 5.81. The molecule has 0 radical (unpaired) electrons. The highest BCUT2D eigenvalue weighted by atomic mass is 17.2. The zero-order valence-electron chi connectivity index (χ0n) is 7.70. The van der Waals surface area contributed by atoms with Gasteiger partial charge in [0.25, 0.3) is 0 Å². The smallest absolute Gasteiger partial charge is 0.216 e. The van der Waals surface area contributed by atoms with Crippen molar-refractivity contribution in [3.63, 3.8) is 0 Å². The monoisotopic (exact) mass is 177 g/mol. The molecule has 5 heteroatoms. The summed E-state index contributed by atoms with van der Waals surface area (Å²) in [5.41, 5.74) is 0.691. The maximum Gasteiger partial charge on any atom is 0.216 e. The average Bonchev–Trinajstić information content (AvgIpc) is 2.09. The third-order valence-corrected chi connectivity index (χ3v) is 0.946. The first-order valence-electron chi connectivity index (χ1n) is 3.70. The minimum absolute atomic E-state index is 0.167. The number of ether oxygens (including phenoxy) is 1. The van der Waals surface area contributed by atoms with Gasteiger partial charge >= 0.3 is 0 Å². The highest BCUT2D eigenvalue weighted by molar-refractivity contribution is 5.82. The third-order valence-electron chi connectivity index (χ3n) is 0.946. The lowest BCUT2D eigenvalue weighted by atomic mass is 10.5. The Morgan fingerprint density at radius 3 is 2.75 bits per heavy atom. The van der Waals surface area contributed by atoms with Crippen LogP contribution in [0.15, 0.2) is 5.16 Å². The Kier molecular flexibility index (Phi) is 7.99. The van der Waals surface area contributed by atoms with Crippen LogP contribution in [0.4, 0.5) is 0 Å². The predicted molar refractivity (Wildman–Crippen MR) is 43.6 cm³/mol. The predicted octanol–water partition coefficient (Wildman–Crippen LogP) is 0.951. The van der Waals surface area contributed by atoms with Crippen molar-refractivity contribution in [2.45, 2.75) is 13.8 Å². The summed E-state index contributed by atoms with van der Waals surface area (Å²) in [5.74, 6) is 0. The van der Waals surface area contributed by atoms with Crippen molar-refractivity contribution in [3.05, 3.63) is 0 Å². The van der Waals surface area contributed by atoms with Crippen LogP contribution in [0, 0.1) is 0 Å². The standard InChI is InChI=1S/C7H15NO4/c1-4-10-6-11-8-7(2)5-12-9-3/h4-6H2,1-3H3. The second-order valence-corrected chi connectivity index (χ2v) is 2.00. The molecule has 0 bridgehead atoms. The van der Waals surface area contributed by atoms with Crippen LogP contribution in [0.3, 0.4) is 0 Å². The van der Waals surface area contributed by atoms with Crippen molar-refractivity contribution in [2.24, 2.45) is 5.16 Å². The molecule has 0 fully saturated rings. The van der Waals surface area contributed by atoms with Gasteiger partial charge in [-0.1, -0.05) is 5.16 Å². The van der Waals surface area contributed by atoms with Gasteiger partial charge in [0.2, 0.25) is 6.79 Å². The van der Waals surface area contributed by atoms with E-state index < -0.39 is 0 Å². The van der Waals surface area contributed by atoms with Crippen LogP contribution in [-0.4, -0.2) is 32.8 Å². The molecule has 12 heavy (non-hydrogen) atoms. The maximum atomic E-state index is 4.89. The van der Waals surface area contributed by atoms with E-state index in [4.69, 9.17) is 9.57 Å². The molecule has 0 rings (SSSR count). The number of rotatable bonds is 7. The average molecular weight is 177 g/mol. The summed E-state index contributed by atoms with van der Waals surface area (Å²) in [7, 11) is 1.44. The van der Waals surface area contributed by atoms with Gasteiger partial charge in [-0.25, -0.2) is 9.78 Å². The molecule has 0 aromatic carbocycles. The lowest BCUT2D eigenvalue weighted by Crippen LogP contribution is -2.05. The second kappa shape index (κ2) is 8.45. The molecular weight excluding hydrogens is 162 g/mol. The van der Waals surface area contributed by atoms with E-state index in [0.717, 1.165) is 0 Å². The van der Waals surface area contributed by atoms with Gasteiger partial charge < -0.3 is 9.57 Å². The van der Waals surface area contributed by atoms with E-state index in [1.165, 1.54) is 7.11 Å². The molecule has 0 aliphatic carbocycles. The van der Waals surface area contributed by atoms with Gasteiger partial charge in [0, 0.05) is 6.61 Å². The molecule has 0 amide bonds. The molecule has 0 unspecified atom stereocenters. The highest BCUT2D eigenvalue weighted by Crippen LogP contribution is 1.84. The first-order valence-corrected chi connectivity index (χ1v) is 3.70. The molecule has 0 aliphatic heterocycles. The fraction of sp³-hybridized carbons (Fsp3) is 0.857. The van der Waals surface area contributed by atoms with Crippen LogP contribution in [0.25, 0.3) is 0 Å². The molecule has 0 N–H and O–H groups in total. The minimum atomic E-state index is 0.167. The molecule has 0 aromatic rings. The summed E-state index contributed by atoms with van der Waals surface area (Å²) in [6.07, 6.45) is 0. The van der Waals surface area contributed by atoms with Gasteiger partial charge in [-0.05, 0) is 13.8 Å². The summed E-state index contributed by atoms with van der Waals surface area (Å²) in [6, 6.07) is 0. The van der Waals surface area contributed by atoms with Gasteiger partial charge in [-0.3, -0.25) is 0 Å². The fourth-order valence-electron chi connectivity index (χ4n) is 0.428. The summed E-state index contributed by atoms with van der Waals surface area (Å²) in [4.78, 5) is 13.7. The minimum Gasteiger partial charge on any atom is -0.367 e.